The maximum atomic E-state index is 13.7. The van der Waals surface area contributed by atoms with E-state index in [-0.39, 0.29) is 40.2 Å². The summed E-state index contributed by atoms with van der Waals surface area (Å²) in [6.07, 6.45) is -3.76. The lowest BCUT2D eigenvalue weighted by Gasteiger charge is -2.31. The minimum Gasteiger partial charge on any atom is -0.478 e. The largest absolute Gasteiger partial charge is 0.478 e. The highest BCUT2D eigenvalue weighted by molar-refractivity contribution is 5.93. The molecule has 0 saturated heterocycles. The average Bonchev–Trinajstić information content (AvgIpc) is 2.59. The van der Waals surface area contributed by atoms with Crippen molar-refractivity contribution < 1.29 is 27.8 Å². The highest BCUT2D eigenvalue weighted by atomic mass is 19.4. The van der Waals surface area contributed by atoms with Gasteiger partial charge in [-0.05, 0) is 32.4 Å². The summed E-state index contributed by atoms with van der Waals surface area (Å²) in [4.78, 5) is 20.1. The van der Waals surface area contributed by atoms with Gasteiger partial charge in [-0.3, -0.25) is 0 Å². The second kappa shape index (κ2) is 7.14. The number of allylic oxidation sites excluding steroid dienone is 1. The molecule has 0 spiro atoms. The van der Waals surface area contributed by atoms with E-state index in [0.29, 0.717) is 0 Å². The normalized spacial score (nSPS) is 16.6. The van der Waals surface area contributed by atoms with E-state index in [1.165, 1.54) is 31.5 Å². The van der Waals surface area contributed by atoms with Crippen molar-refractivity contribution in [2.24, 2.45) is 0 Å². The van der Waals surface area contributed by atoms with E-state index in [9.17, 15) is 23.1 Å². The second-order valence-corrected chi connectivity index (χ2v) is 6.59. The van der Waals surface area contributed by atoms with Crippen LogP contribution in [0, 0.1) is 0 Å². The molecule has 2 N–H and O–H groups in total. The van der Waals surface area contributed by atoms with E-state index < -0.39 is 23.6 Å². The lowest BCUT2D eigenvalue weighted by Crippen LogP contribution is -2.27. The molecule has 2 aromatic rings. The van der Waals surface area contributed by atoms with E-state index in [4.69, 9.17) is 4.74 Å². The Morgan fingerprint density at radius 2 is 1.93 bits per heavy atom. The molecule has 0 amide bonds. The van der Waals surface area contributed by atoms with Gasteiger partial charge in [-0.15, -0.1) is 0 Å². The number of anilines is 1. The van der Waals surface area contributed by atoms with Crippen LogP contribution in [0.1, 0.15) is 43.4 Å². The number of fused-ring (bicyclic) bond motifs is 1. The summed E-state index contributed by atoms with van der Waals surface area (Å²) in [6.45, 7) is 4.96. The number of rotatable bonds is 4. The second-order valence-electron chi connectivity index (χ2n) is 6.59. The van der Waals surface area contributed by atoms with Crippen LogP contribution in [0.5, 0.6) is 5.88 Å². The zero-order chi connectivity index (χ0) is 20.6. The molecule has 3 rings (SSSR count). The molecule has 1 aromatic heterocycles. The van der Waals surface area contributed by atoms with Crippen LogP contribution in [0.4, 0.5) is 19.0 Å². The Labute approximate surface area is 159 Å². The third kappa shape index (κ3) is 3.51. The average molecular weight is 393 g/mol. The van der Waals surface area contributed by atoms with Crippen LogP contribution in [0.25, 0.3) is 0 Å². The molecule has 6 nitrogen and oxygen atoms in total. The molecule has 1 aromatic carbocycles. The van der Waals surface area contributed by atoms with E-state index in [1.54, 1.807) is 13.8 Å². The topological polar surface area (TPSA) is 84.3 Å². The van der Waals surface area contributed by atoms with Crippen molar-refractivity contribution in [2.75, 3.05) is 5.32 Å². The molecule has 0 fully saturated rings. The fraction of sp³-hybridized carbons (Fsp3) is 0.316. The zero-order valence-corrected chi connectivity index (χ0v) is 15.3. The first kappa shape index (κ1) is 19.7. The number of benzene rings is 1. The molecule has 28 heavy (non-hydrogen) atoms. The summed E-state index contributed by atoms with van der Waals surface area (Å²) in [5, 5.41) is 12.6. The molecule has 0 aliphatic carbocycles. The lowest BCUT2D eigenvalue weighted by atomic mass is 9.80. The van der Waals surface area contributed by atoms with Gasteiger partial charge in [0.05, 0.1) is 28.7 Å². The van der Waals surface area contributed by atoms with Crippen molar-refractivity contribution in [1.29, 1.82) is 0 Å². The number of carbonyl (C=O) groups is 1. The zero-order valence-electron chi connectivity index (χ0n) is 15.3. The number of carboxylic acid groups (broad SMARTS) is 1. The molecule has 9 heteroatoms. The Hall–Kier alpha value is -3.10. The molecular formula is C19H18F3N3O3. The van der Waals surface area contributed by atoms with Crippen molar-refractivity contribution in [1.82, 2.24) is 9.97 Å². The summed E-state index contributed by atoms with van der Waals surface area (Å²) in [6, 6.07) is 4.90. The Kier molecular flexibility index (Phi) is 5.01. The number of hydrogen-bond donors (Lipinski definition) is 2. The first-order valence-corrected chi connectivity index (χ1v) is 8.50. The lowest BCUT2D eigenvalue weighted by molar-refractivity contribution is -0.139. The third-order valence-corrected chi connectivity index (χ3v) is 4.29. The van der Waals surface area contributed by atoms with Crippen LogP contribution in [-0.2, 0) is 11.0 Å². The highest BCUT2D eigenvalue weighted by Gasteiger charge is 2.42. The van der Waals surface area contributed by atoms with Crippen LogP contribution < -0.4 is 10.1 Å². The number of nitrogens with one attached hydrogen (secondary N) is 1. The van der Waals surface area contributed by atoms with Gasteiger partial charge in [-0.1, -0.05) is 18.2 Å². The molecular weight excluding hydrogens is 375 g/mol. The molecule has 1 atom stereocenters. The third-order valence-electron chi connectivity index (χ3n) is 4.29. The predicted octanol–water partition coefficient (Wildman–Crippen LogP) is 4.20. The van der Waals surface area contributed by atoms with Gasteiger partial charge in [-0.2, -0.15) is 13.2 Å². The summed E-state index contributed by atoms with van der Waals surface area (Å²) >= 11 is 0. The van der Waals surface area contributed by atoms with Crippen molar-refractivity contribution in [3.05, 3.63) is 58.6 Å². The maximum absolute atomic E-state index is 13.7. The van der Waals surface area contributed by atoms with Gasteiger partial charge in [-0.25, -0.2) is 14.8 Å². The minimum atomic E-state index is -4.66. The maximum Gasteiger partial charge on any atom is 0.416 e. The van der Waals surface area contributed by atoms with E-state index >= 15 is 0 Å². The van der Waals surface area contributed by atoms with Crippen LogP contribution >= 0.6 is 0 Å². The van der Waals surface area contributed by atoms with Gasteiger partial charge >= 0.3 is 12.1 Å². The first-order valence-electron chi connectivity index (χ1n) is 8.50. The minimum absolute atomic E-state index is 0.0423. The Morgan fingerprint density at radius 1 is 1.25 bits per heavy atom. The van der Waals surface area contributed by atoms with Crippen molar-refractivity contribution in [3.8, 4) is 5.88 Å². The standard InChI is InChI=1S/C19H18F3N3O3/c1-9(2)28-17-15-14(11-6-4-5-7-12(11)19(20,21)22)13(18(26)27)10(3)25-16(15)23-8-24-17/h4-9,14H,1-3H3,(H,26,27)(H,23,24,25). The smallest absolute Gasteiger partial charge is 0.416 e. The van der Waals surface area contributed by atoms with Crippen LogP contribution in [0.15, 0.2) is 41.9 Å². The fourth-order valence-corrected chi connectivity index (χ4v) is 3.26. The first-order chi connectivity index (χ1) is 13.1. The van der Waals surface area contributed by atoms with Gasteiger partial charge in [0.1, 0.15) is 12.1 Å². The van der Waals surface area contributed by atoms with Crippen LogP contribution in [0.3, 0.4) is 0 Å². The Morgan fingerprint density at radius 3 is 2.54 bits per heavy atom. The quantitative estimate of drug-likeness (QED) is 0.810. The molecule has 1 aliphatic rings. The summed E-state index contributed by atoms with van der Waals surface area (Å²) in [5.41, 5.74) is -0.962. The summed E-state index contributed by atoms with van der Waals surface area (Å²) < 4.78 is 46.7. The predicted molar refractivity (Wildman–Crippen MR) is 95.0 cm³/mol. The van der Waals surface area contributed by atoms with E-state index in [2.05, 4.69) is 15.3 Å². The SMILES string of the molecule is CC1=C(C(=O)O)C(c2ccccc2C(F)(F)F)c2c(ncnc2OC(C)C)N1. The number of ether oxygens (including phenoxy) is 1. The summed E-state index contributed by atoms with van der Waals surface area (Å²) in [7, 11) is 0. The highest BCUT2D eigenvalue weighted by Crippen LogP contribution is 2.47. The molecule has 1 unspecified atom stereocenters. The molecule has 2 heterocycles. The van der Waals surface area contributed by atoms with E-state index in [1.807, 2.05) is 0 Å². The molecule has 0 saturated carbocycles. The number of nitrogens with zero attached hydrogens (tertiary/aromatic N) is 2. The van der Waals surface area contributed by atoms with E-state index in [0.717, 1.165) is 6.07 Å². The summed E-state index contributed by atoms with van der Waals surface area (Å²) in [5.74, 6) is -2.32. The van der Waals surface area contributed by atoms with Crippen LogP contribution in [-0.4, -0.2) is 27.1 Å². The molecule has 0 radical (unpaired) electrons. The molecule has 1 aliphatic heterocycles. The Balaban J connectivity index is 2.35. The number of halogens is 3. The van der Waals surface area contributed by atoms with Gasteiger partial charge in [0, 0.05) is 5.70 Å². The van der Waals surface area contributed by atoms with Crippen molar-refractivity contribution in [2.45, 2.75) is 39.0 Å². The number of hydrogen-bond acceptors (Lipinski definition) is 5. The number of alkyl halides is 3. The van der Waals surface area contributed by atoms with Gasteiger partial charge in [0.15, 0.2) is 0 Å². The number of carboxylic acids is 1. The number of aliphatic carboxylic acids is 1. The van der Waals surface area contributed by atoms with Crippen LogP contribution in [0.2, 0.25) is 0 Å². The fourth-order valence-electron chi connectivity index (χ4n) is 3.26. The Bertz CT molecular complexity index is 955. The van der Waals surface area contributed by atoms with Gasteiger partial charge < -0.3 is 15.2 Å². The van der Waals surface area contributed by atoms with Crippen molar-refractivity contribution >= 4 is 11.8 Å². The number of aromatic nitrogens is 2. The van der Waals surface area contributed by atoms with Gasteiger partial charge in [0.25, 0.3) is 0 Å². The van der Waals surface area contributed by atoms with Crippen molar-refractivity contribution in [3.63, 3.8) is 0 Å². The molecule has 148 valence electrons. The molecule has 0 bridgehead atoms. The van der Waals surface area contributed by atoms with Gasteiger partial charge in [0.2, 0.25) is 5.88 Å². The monoisotopic (exact) mass is 393 g/mol.